The number of hydrogen-bond acceptors (Lipinski definition) is 8. The molecule has 1 unspecified atom stereocenters. The van der Waals surface area contributed by atoms with Gasteiger partial charge in [0, 0.05) is 36.1 Å². The maximum Gasteiger partial charge on any atom is 0.306 e. The first kappa shape index (κ1) is 28.0. The van der Waals surface area contributed by atoms with Crippen LogP contribution < -0.4 is 5.73 Å². The molecule has 37 heavy (non-hydrogen) atoms. The Morgan fingerprint density at radius 2 is 1.86 bits per heavy atom. The molecule has 0 radical (unpaired) electrons. The van der Waals surface area contributed by atoms with E-state index >= 15 is 0 Å². The van der Waals surface area contributed by atoms with E-state index in [9.17, 15) is 24.3 Å². The predicted molar refractivity (Wildman–Crippen MR) is 136 cm³/mol. The van der Waals surface area contributed by atoms with E-state index in [0.717, 1.165) is 5.57 Å². The third-order valence-electron chi connectivity index (χ3n) is 9.90. The van der Waals surface area contributed by atoms with Crippen LogP contribution in [0.4, 0.5) is 0 Å². The quantitative estimate of drug-likeness (QED) is 0.375. The van der Waals surface area contributed by atoms with E-state index in [4.69, 9.17) is 26.8 Å². The van der Waals surface area contributed by atoms with E-state index in [1.807, 2.05) is 13.8 Å². The third-order valence-corrected chi connectivity index (χ3v) is 10.8. The van der Waals surface area contributed by atoms with Gasteiger partial charge in [-0.25, -0.2) is 0 Å². The summed E-state index contributed by atoms with van der Waals surface area (Å²) >= 11 is 7.49. The van der Waals surface area contributed by atoms with Gasteiger partial charge in [0.05, 0.1) is 11.0 Å². The van der Waals surface area contributed by atoms with Crippen LogP contribution in [0.5, 0.6) is 0 Å². The Bertz CT molecular complexity index is 1070. The summed E-state index contributed by atoms with van der Waals surface area (Å²) in [6.07, 6.45) is 5.74. The summed E-state index contributed by atoms with van der Waals surface area (Å²) in [5, 5.41) is 11.9. The zero-order chi connectivity index (χ0) is 27.4. The molecule has 3 fully saturated rings. The van der Waals surface area contributed by atoms with Crippen molar-refractivity contribution >= 4 is 35.1 Å². The Labute approximate surface area is 223 Å². The van der Waals surface area contributed by atoms with Crippen LogP contribution in [0.2, 0.25) is 0 Å². The first-order valence-corrected chi connectivity index (χ1v) is 13.7. The number of nitrogens with two attached hydrogens (primary N) is 1. The van der Waals surface area contributed by atoms with Crippen molar-refractivity contribution in [2.24, 2.45) is 34.3 Å². The fraction of sp³-hybridized carbons (Fsp3) is 0.714. The number of alkyl halides is 1. The number of rotatable bonds is 7. The van der Waals surface area contributed by atoms with Gasteiger partial charge in [0.2, 0.25) is 5.78 Å². The molecular weight excluding hydrogens is 498 g/mol. The molecule has 0 saturated heterocycles. The monoisotopic (exact) mass is 535 g/mol. The lowest BCUT2D eigenvalue weighted by atomic mass is 9.45. The van der Waals surface area contributed by atoms with Crippen molar-refractivity contribution in [2.45, 2.75) is 82.8 Å². The average Bonchev–Trinajstić information content (AvgIpc) is 3.11. The molecule has 0 bridgehead atoms. The number of esters is 2. The Morgan fingerprint density at radius 1 is 1.19 bits per heavy atom. The molecule has 8 atom stereocenters. The summed E-state index contributed by atoms with van der Waals surface area (Å²) in [6, 6.07) is 0. The average molecular weight is 536 g/mol. The van der Waals surface area contributed by atoms with Crippen molar-refractivity contribution in [3.8, 4) is 0 Å². The summed E-state index contributed by atoms with van der Waals surface area (Å²) in [5.74, 6) is -2.65. The Hall–Kier alpha value is -2.03. The zero-order valence-electron chi connectivity index (χ0n) is 22.1. The maximum absolute atomic E-state index is 14.0. The smallest absolute Gasteiger partial charge is 0.306 e. The lowest BCUT2D eigenvalue weighted by molar-refractivity contribution is -0.205. The highest BCUT2D eigenvalue weighted by Gasteiger charge is 2.77. The van der Waals surface area contributed by atoms with Crippen LogP contribution in [0.25, 0.3) is 0 Å². The molecule has 4 aliphatic rings. The van der Waals surface area contributed by atoms with Gasteiger partial charge in [-0.15, -0.1) is 11.6 Å². The number of aliphatic hydroxyl groups excluding tert-OH is 1. The van der Waals surface area contributed by atoms with Crippen molar-refractivity contribution in [1.82, 2.24) is 0 Å². The molecule has 0 heterocycles. The van der Waals surface area contributed by atoms with Gasteiger partial charge >= 0.3 is 11.9 Å². The number of ether oxygens (including phenoxy) is 2. The molecule has 0 aliphatic heterocycles. The molecule has 3 saturated carbocycles. The van der Waals surface area contributed by atoms with Crippen LogP contribution in [-0.4, -0.2) is 58.3 Å². The van der Waals surface area contributed by atoms with E-state index in [-0.39, 0.29) is 43.4 Å². The number of carbonyl (C=O) groups excluding carboxylic acids is 4. The van der Waals surface area contributed by atoms with Crippen molar-refractivity contribution in [1.29, 1.82) is 0 Å². The molecule has 8 nitrogen and oxygen atoms in total. The van der Waals surface area contributed by atoms with Gasteiger partial charge in [-0.1, -0.05) is 39.3 Å². The molecule has 4 aliphatic carbocycles. The number of fused-ring (bicyclic) bond motifs is 5. The van der Waals surface area contributed by atoms with Gasteiger partial charge in [0.25, 0.3) is 0 Å². The second-order valence-electron chi connectivity index (χ2n) is 11.3. The van der Waals surface area contributed by atoms with Gasteiger partial charge < -0.3 is 20.3 Å². The van der Waals surface area contributed by atoms with Crippen LogP contribution in [0.15, 0.2) is 23.8 Å². The van der Waals surface area contributed by atoms with Crippen LogP contribution in [-0.2, 0) is 28.7 Å². The minimum Gasteiger partial charge on any atom is -0.457 e. The van der Waals surface area contributed by atoms with Crippen molar-refractivity contribution in [3.63, 3.8) is 0 Å². The fourth-order valence-electron chi connectivity index (χ4n) is 8.11. The Balaban J connectivity index is 1.84. The number of carbonyl (C=O) groups is 4. The Kier molecular flexibility index (Phi) is 7.27. The minimum atomic E-state index is -1.66. The summed E-state index contributed by atoms with van der Waals surface area (Å²) in [6.45, 7) is 6.54. The number of ketones is 2. The number of halogens is 1. The summed E-state index contributed by atoms with van der Waals surface area (Å²) in [7, 11) is 0. The summed E-state index contributed by atoms with van der Waals surface area (Å²) < 4.78 is 11.3. The number of aliphatic hydroxyl groups is 1. The van der Waals surface area contributed by atoms with Crippen LogP contribution in [0, 0.1) is 28.6 Å². The normalized spacial score (nSPS) is 42.2. The van der Waals surface area contributed by atoms with Crippen molar-refractivity contribution < 1.29 is 33.8 Å². The maximum atomic E-state index is 14.0. The van der Waals surface area contributed by atoms with Crippen LogP contribution in [0.3, 0.4) is 0 Å². The fourth-order valence-corrected chi connectivity index (χ4v) is 8.64. The molecule has 4 rings (SSSR count). The van der Waals surface area contributed by atoms with E-state index in [1.165, 1.54) is 6.08 Å². The second kappa shape index (κ2) is 9.62. The van der Waals surface area contributed by atoms with Crippen molar-refractivity contribution in [3.05, 3.63) is 23.8 Å². The molecule has 0 aromatic rings. The van der Waals surface area contributed by atoms with E-state index in [0.29, 0.717) is 19.3 Å². The first-order chi connectivity index (χ1) is 17.4. The number of Topliss-reactive ketones (excluding diaryl/α,β-unsaturated/α-hetero) is 1. The molecule has 204 valence electrons. The van der Waals surface area contributed by atoms with Gasteiger partial charge in [0.15, 0.2) is 18.0 Å². The zero-order valence-corrected chi connectivity index (χ0v) is 22.8. The summed E-state index contributed by atoms with van der Waals surface area (Å²) in [5.41, 5.74) is 3.86. The second-order valence-corrected chi connectivity index (χ2v) is 12.0. The third kappa shape index (κ3) is 3.69. The molecule has 0 aromatic carbocycles. The highest BCUT2D eigenvalue weighted by atomic mass is 35.5. The van der Waals surface area contributed by atoms with E-state index < -0.39 is 57.7 Å². The number of hydrogen-bond donors (Lipinski definition) is 2. The van der Waals surface area contributed by atoms with Crippen LogP contribution in [0.1, 0.15) is 66.2 Å². The highest BCUT2D eigenvalue weighted by Crippen LogP contribution is 2.72. The molecule has 0 aromatic heterocycles. The van der Waals surface area contributed by atoms with Gasteiger partial charge in [-0.3, -0.25) is 19.2 Å². The molecule has 3 N–H and O–H groups in total. The SMILES string of the molecule is CCC(=O)OCC(=O)[C@@]1(OC(=O)CC)[C@@H](C)C[C@H]2[C@@H]3CCC4=CC(=O)C=C[C@]4(C)C3(Cl)[C@@H](O)C[C@@]21CN. The van der Waals surface area contributed by atoms with Gasteiger partial charge in [-0.05, 0) is 49.7 Å². The Morgan fingerprint density at radius 3 is 2.49 bits per heavy atom. The van der Waals surface area contributed by atoms with Gasteiger partial charge in [-0.2, -0.15) is 0 Å². The lowest BCUT2D eigenvalue weighted by Crippen LogP contribution is -2.72. The molecule has 0 amide bonds. The van der Waals surface area contributed by atoms with Crippen molar-refractivity contribution in [2.75, 3.05) is 13.2 Å². The molecule has 0 spiro atoms. The van der Waals surface area contributed by atoms with Crippen LogP contribution >= 0.6 is 11.6 Å². The summed E-state index contributed by atoms with van der Waals surface area (Å²) in [4.78, 5) is 49.7. The lowest BCUT2D eigenvalue weighted by Gasteiger charge is -2.64. The topological polar surface area (TPSA) is 133 Å². The first-order valence-electron chi connectivity index (χ1n) is 13.3. The van der Waals surface area contributed by atoms with E-state index in [2.05, 4.69) is 0 Å². The molecular formula is C28H38ClNO7. The van der Waals surface area contributed by atoms with Gasteiger partial charge in [0.1, 0.15) is 0 Å². The largest absolute Gasteiger partial charge is 0.457 e. The predicted octanol–water partition coefficient (Wildman–Crippen LogP) is 3.03. The molecule has 9 heteroatoms. The highest BCUT2D eigenvalue weighted by molar-refractivity contribution is 6.26. The standard InChI is InChI=1S/C28H38ClNO7/c1-5-23(34)36-14-22(33)28(37-24(35)6-2)16(3)11-20-19-8-7-17-12-18(31)9-10-25(17,4)27(19,29)21(32)13-26(20,28)15-30/h9-10,12,16,19-21,32H,5-8,11,13-15,30H2,1-4H3/t16-,19-,20-,21-,25-,26+,27?,28-/m0/s1. The minimum absolute atomic E-state index is 0.0132. The number of allylic oxidation sites excluding steroid dienone is 4. The van der Waals surface area contributed by atoms with E-state index in [1.54, 1.807) is 26.0 Å².